The zero-order valence-corrected chi connectivity index (χ0v) is 13.5. The molecule has 0 bridgehead atoms. The molecule has 1 heterocycles. The van der Waals surface area contributed by atoms with Crippen LogP contribution in [0, 0.1) is 5.92 Å². The van der Waals surface area contributed by atoms with Crippen LogP contribution < -0.4 is 14.8 Å². The Kier molecular flexibility index (Phi) is 5.48. The Morgan fingerprint density at radius 1 is 1.48 bits per heavy atom. The summed E-state index contributed by atoms with van der Waals surface area (Å²) >= 11 is 0. The maximum absolute atomic E-state index is 10.0. The summed E-state index contributed by atoms with van der Waals surface area (Å²) in [6.45, 7) is 7.52. The average Bonchev–Trinajstić information content (AvgIpc) is 2.86. The van der Waals surface area contributed by atoms with Gasteiger partial charge in [-0.2, -0.15) is 0 Å². The Morgan fingerprint density at radius 2 is 2.24 bits per heavy atom. The number of hydrogen-bond acceptors (Lipinski definition) is 4. The number of ether oxygens (including phenoxy) is 2. The first-order chi connectivity index (χ1) is 10.0. The Hall–Kier alpha value is -1.26. The quantitative estimate of drug-likeness (QED) is 0.811. The molecule has 3 unspecified atom stereocenters. The van der Waals surface area contributed by atoms with E-state index >= 15 is 0 Å². The Bertz CT molecular complexity index is 475. The van der Waals surface area contributed by atoms with Crippen LogP contribution in [-0.4, -0.2) is 31.0 Å². The van der Waals surface area contributed by atoms with Crippen LogP contribution in [-0.2, 0) is 13.0 Å². The van der Waals surface area contributed by atoms with Gasteiger partial charge in [0.2, 0.25) is 0 Å². The second kappa shape index (κ2) is 7.14. The Balaban J connectivity index is 2.02. The molecule has 1 aromatic rings. The number of aliphatic hydroxyl groups excluding tert-OH is 1. The van der Waals surface area contributed by atoms with Crippen molar-refractivity contribution < 1.29 is 14.6 Å². The molecule has 0 aliphatic carbocycles. The van der Waals surface area contributed by atoms with Crippen LogP contribution in [0.2, 0.25) is 0 Å². The number of hydrogen-bond donors (Lipinski definition) is 2. The molecule has 0 aromatic heterocycles. The fourth-order valence-electron chi connectivity index (χ4n) is 2.66. The van der Waals surface area contributed by atoms with Gasteiger partial charge in [-0.3, -0.25) is 0 Å². The maximum atomic E-state index is 10.0. The van der Waals surface area contributed by atoms with Crippen molar-refractivity contribution in [2.45, 2.75) is 52.4 Å². The van der Waals surface area contributed by atoms with E-state index in [9.17, 15) is 5.11 Å². The zero-order valence-electron chi connectivity index (χ0n) is 13.5. The topological polar surface area (TPSA) is 50.7 Å². The number of methoxy groups -OCH3 is 1. The van der Waals surface area contributed by atoms with Crippen molar-refractivity contribution in [2.24, 2.45) is 5.92 Å². The highest BCUT2D eigenvalue weighted by molar-refractivity contribution is 5.49. The lowest BCUT2D eigenvalue weighted by molar-refractivity contribution is 0.112. The molecule has 0 radical (unpaired) electrons. The van der Waals surface area contributed by atoms with Gasteiger partial charge in [0, 0.05) is 30.6 Å². The molecule has 0 spiro atoms. The van der Waals surface area contributed by atoms with Crippen molar-refractivity contribution in [1.82, 2.24) is 5.32 Å². The van der Waals surface area contributed by atoms with Gasteiger partial charge in [-0.25, -0.2) is 0 Å². The standard InChI is InChI=1S/C17H27NO3/c1-5-11(2)16(19)10-18-9-14-8-15(20-4)7-13-6-12(3)21-17(13)14/h7-8,11-12,16,18-19H,5-6,9-10H2,1-4H3. The molecule has 0 saturated heterocycles. The largest absolute Gasteiger partial charge is 0.497 e. The van der Waals surface area contributed by atoms with Crippen molar-refractivity contribution >= 4 is 0 Å². The maximum Gasteiger partial charge on any atom is 0.127 e. The van der Waals surface area contributed by atoms with E-state index in [1.54, 1.807) is 7.11 Å². The summed E-state index contributed by atoms with van der Waals surface area (Å²) in [6.07, 6.45) is 1.82. The highest BCUT2D eigenvalue weighted by Gasteiger charge is 2.23. The third kappa shape index (κ3) is 3.89. The Labute approximate surface area is 127 Å². The molecule has 1 aliphatic rings. The number of fused-ring (bicyclic) bond motifs is 1. The summed E-state index contributed by atoms with van der Waals surface area (Å²) in [7, 11) is 1.69. The van der Waals surface area contributed by atoms with Gasteiger partial charge in [0.25, 0.3) is 0 Å². The fraction of sp³-hybridized carbons (Fsp3) is 0.647. The van der Waals surface area contributed by atoms with E-state index in [-0.39, 0.29) is 12.2 Å². The summed E-state index contributed by atoms with van der Waals surface area (Å²) in [4.78, 5) is 0. The molecule has 0 saturated carbocycles. The predicted molar refractivity (Wildman–Crippen MR) is 84.0 cm³/mol. The van der Waals surface area contributed by atoms with Crippen LogP contribution in [0.4, 0.5) is 0 Å². The van der Waals surface area contributed by atoms with E-state index in [0.717, 1.165) is 29.9 Å². The third-order valence-corrected chi connectivity index (χ3v) is 4.25. The molecule has 21 heavy (non-hydrogen) atoms. The van der Waals surface area contributed by atoms with Crippen LogP contribution in [0.5, 0.6) is 11.5 Å². The summed E-state index contributed by atoms with van der Waals surface area (Å²) in [5.41, 5.74) is 2.31. The highest BCUT2D eigenvalue weighted by atomic mass is 16.5. The van der Waals surface area contributed by atoms with Crippen molar-refractivity contribution in [3.05, 3.63) is 23.3 Å². The van der Waals surface area contributed by atoms with Gasteiger partial charge >= 0.3 is 0 Å². The molecular formula is C17H27NO3. The van der Waals surface area contributed by atoms with Crippen LogP contribution in [0.25, 0.3) is 0 Å². The molecule has 1 aromatic carbocycles. The third-order valence-electron chi connectivity index (χ3n) is 4.25. The van der Waals surface area contributed by atoms with Crippen LogP contribution in [0.3, 0.4) is 0 Å². The molecule has 4 nitrogen and oxygen atoms in total. The normalized spacial score (nSPS) is 19.8. The van der Waals surface area contributed by atoms with Gasteiger partial charge in [0.1, 0.15) is 17.6 Å². The first-order valence-electron chi connectivity index (χ1n) is 7.80. The highest BCUT2D eigenvalue weighted by Crippen LogP contribution is 2.36. The van der Waals surface area contributed by atoms with Crippen LogP contribution in [0.1, 0.15) is 38.3 Å². The minimum Gasteiger partial charge on any atom is -0.497 e. The van der Waals surface area contributed by atoms with E-state index < -0.39 is 0 Å². The predicted octanol–water partition coefficient (Wildman–Crippen LogP) is 2.52. The number of rotatable bonds is 7. The minimum absolute atomic E-state index is 0.219. The summed E-state index contributed by atoms with van der Waals surface area (Å²) in [5.74, 6) is 2.16. The van der Waals surface area contributed by atoms with Gasteiger partial charge in [-0.05, 0) is 25.0 Å². The number of benzene rings is 1. The lowest BCUT2D eigenvalue weighted by Crippen LogP contribution is -2.31. The summed E-state index contributed by atoms with van der Waals surface area (Å²) in [6, 6.07) is 4.07. The molecule has 2 N–H and O–H groups in total. The fourth-order valence-corrected chi connectivity index (χ4v) is 2.66. The van der Waals surface area contributed by atoms with Crippen LogP contribution in [0.15, 0.2) is 12.1 Å². The average molecular weight is 293 g/mol. The Morgan fingerprint density at radius 3 is 2.90 bits per heavy atom. The smallest absolute Gasteiger partial charge is 0.127 e. The van der Waals surface area contributed by atoms with Gasteiger partial charge in [-0.1, -0.05) is 20.3 Å². The lowest BCUT2D eigenvalue weighted by Gasteiger charge is -2.18. The molecule has 3 atom stereocenters. The van der Waals surface area contributed by atoms with E-state index in [1.807, 2.05) is 6.07 Å². The number of aliphatic hydroxyl groups is 1. The number of nitrogens with one attached hydrogen (secondary N) is 1. The second-order valence-corrected chi connectivity index (χ2v) is 5.99. The van der Waals surface area contributed by atoms with Gasteiger partial charge in [0.05, 0.1) is 13.2 Å². The first-order valence-corrected chi connectivity index (χ1v) is 7.80. The molecule has 118 valence electrons. The van der Waals surface area contributed by atoms with Crippen molar-refractivity contribution in [3.63, 3.8) is 0 Å². The lowest BCUT2D eigenvalue weighted by atomic mass is 10.0. The molecule has 4 heteroatoms. The van der Waals surface area contributed by atoms with Gasteiger partial charge in [-0.15, -0.1) is 0 Å². The minimum atomic E-state index is -0.312. The SMILES string of the molecule is CCC(C)C(O)CNCc1cc(OC)cc2c1OC(C)C2. The summed E-state index contributed by atoms with van der Waals surface area (Å²) < 4.78 is 11.3. The molecule has 2 rings (SSSR count). The second-order valence-electron chi connectivity index (χ2n) is 5.99. The molecular weight excluding hydrogens is 266 g/mol. The van der Waals surface area contributed by atoms with Gasteiger partial charge < -0.3 is 19.9 Å². The zero-order chi connectivity index (χ0) is 15.4. The molecule has 0 fully saturated rings. The molecule has 0 amide bonds. The van der Waals surface area contributed by atoms with E-state index in [4.69, 9.17) is 9.47 Å². The van der Waals surface area contributed by atoms with Crippen LogP contribution >= 0.6 is 0 Å². The van der Waals surface area contributed by atoms with Gasteiger partial charge in [0.15, 0.2) is 0 Å². The van der Waals surface area contributed by atoms with E-state index in [1.165, 1.54) is 5.56 Å². The van der Waals surface area contributed by atoms with Crippen molar-refractivity contribution in [3.8, 4) is 11.5 Å². The summed E-state index contributed by atoms with van der Waals surface area (Å²) in [5, 5.41) is 13.3. The van der Waals surface area contributed by atoms with Crippen molar-refractivity contribution in [1.29, 1.82) is 0 Å². The molecule has 1 aliphatic heterocycles. The van der Waals surface area contributed by atoms with Crippen molar-refractivity contribution in [2.75, 3.05) is 13.7 Å². The van der Waals surface area contributed by atoms with E-state index in [2.05, 4.69) is 32.2 Å². The first kappa shape index (κ1) is 16.1. The van der Waals surface area contributed by atoms with E-state index in [0.29, 0.717) is 19.0 Å². The monoisotopic (exact) mass is 293 g/mol.